The molecule has 0 radical (unpaired) electrons. The summed E-state index contributed by atoms with van der Waals surface area (Å²) < 4.78 is 22.4. The average Bonchev–Trinajstić information content (AvgIpc) is 2.27. The van der Waals surface area contributed by atoms with Gasteiger partial charge in [0.15, 0.2) is 14.9 Å². The van der Waals surface area contributed by atoms with Gasteiger partial charge in [-0.15, -0.1) is 0 Å². The molecule has 1 aromatic heterocycles. The summed E-state index contributed by atoms with van der Waals surface area (Å²) in [4.78, 5) is 15.4. The van der Waals surface area contributed by atoms with Crippen LogP contribution in [0.3, 0.4) is 0 Å². The minimum atomic E-state index is -3.33. The third-order valence-electron chi connectivity index (χ3n) is 2.40. The van der Waals surface area contributed by atoms with Gasteiger partial charge in [0.2, 0.25) is 5.91 Å². The van der Waals surface area contributed by atoms with Crippen LogP contribution in [0.15, 0.2) is 23.4 Å². The highest BCUT2D eigenvalue weighted by Gasteiger charge is 2.17. The van der Waals surface area contributed by atoms with Gasteiger partial charge in [0.1, 0.15) is 0 Å². The number of carbonyl (C=O) groups excluding carboxylic acids is 1. The van der Waals surface area contributed by atoms with E-state index in [1.165, 1.54) is 18.3 Å². The van der Waals surface area contributed by atoms with Crippen LogP contribution in [0.5, 0.6) is 0 Å². The van der Waals surface area contributed by atoms with E-state index in [1.807, 2.05) is 13.8 Å². The second-order valence-corrected chi connectivity index (χ2v) is 6.38. The lowest BCUT2D eigenvalue weighted by Crippen LogP contribution is -2.39. The molecule has 0 unspecified atom stereocenters. The van der Waals surface area contributed by atoms with E-state index < -0.39 is 15.9 Å². The number of nitrogens with two attached hydrogens (primary N) is 1. The lowest BCUT2D eigenvalue weighted by Gasteiger charge is -2.15. The second kappa shape index (κ2) is 5.45. The monoisotopic (exact) mass is 271 g/mol. The predicted molar refractivity (Wildman–Crippen MR) is 68.8 cm³/mol. The number of pyridine rings is 1. The summed E-state index contributed by atoms with van der Waals surface area (Å²) in [6.45, 7) is 3.69. The van der Waals surface area contributed by atoms with E-state index >= 15 is 0 Å². The van der Waals surface area contributed by atoms with Crippen LogP contribution >= 0.6 is 0 Å². The highest BCUT2D eigenvalue weighted by atomic mass is 32.2. The lowest BCUT2D eigenvalue weighted by atomic mass is 10.1. The Hall–Kier alpha value is -1.47. The molecule has 1 heterocycles. The molecule has 1 amide bonds. The maximum atomic E-state index is 11.7. The van der Waals surface area contributed by atoms with Crippen molar-refractivity contribution in [2.45, 2.75) is 24.9 Å². The van der Waals surface area contributed by atoms with Gasteiger partial charge in [0, 0.05) is 6.26 Å². The third-order valence-corrected chi connectivity index (χ3v) is 3.41. The smallest absolute Gasteiger partial charge is 0.241 e. The van der Waals surface area contributed by atoms with Gasteiger partial charge in [-0.2, -0.15) is 0 Å². The fraction of sp³-hybridized carbons (Fsp3) is 0.455. The fourth-order valence-electron chi connectivity index (χ4n) is 1.20. The molecule has 0 bridgehead atoms. The van der Waals surface area contributed by atoms with E-state index in [1.54, 1.807) is 0 Å². The minimum absolute atomic E-state index is 0.0215. The Morgan fingerprint density at radius 1 is 1.39 bits per heavy atom. The van der Waals surface area contributed by atoms with Gasteiger partial charge in [-0.3, -0.25) is 4.79 Å². The van der Waals surface area contributed by atoms with E-state index in [0.717, 1.165) is 6.26 Å². The van der Waals surface area contributed by atoms with E-state index in [0.29, 0.717) is 5.69 Å². The third kappa shape index (κ3) is 3.78. The number of amides is 1. The number of rotatable bonds is 4. The summed E-state index contributed by atoms with van der Waals surface area (Å²) in [6, 6.07) is 2.21. The van der Waals surface area contributed by atoms with Crippen LogP contribution in [0.2, 0.25) is 0 Å². The van der Waals surface area contributed by atoms with E-state index in [-0.39, 0.29) is 16.9 Å². The maximum Gasteiger partial charge on any atom is 0.241 e. The average molecular weight is 271 g/mol. The molecule has 1 rings (SSSR count). The van der Waals surface area contributed by atoms with Gasteiger partial charge in [-0.25, -0.2) is 13.4 Å². The van der Waals surface area contributed by atoms with Gasteiger partial charge < -0.3 is 11.1 Å². The SMILES string of the molecule is CC(C)[C@@H](N)C(=O)Nc1ccc(S(C)(=O)=O)nc1. The molecule has 0 fully saturated rings. The van der Waals surface area contributed by atoms with E-state index in [2.05, 4.69) is 10.3 Å². The van der Waals surface area contributed by atoms with Crippen molar-refractivity contribution in [2.75, 3.05) is 11.6 Å². The summed E-state index contributed by atoms with van der Waals surface area (Å²) >= 11 is 0. The first-order valence-corrected chi connectivity index (χ1v) is 7.33. The van der Waals surface area contributed by atoms with Crippen LogP contribution in [0.25, 0.3) is 0 Å². The van der Waals surface area contributed by atoms with Crippen LogP contribution in [-0.2, 0) is 14.6 Å². The molecule has 0 spiro atoms. The quantitative estimate of drug-likeness (QED) is 0.825. The molecule has 7 heteroatoms. The van der Waals surface area contributed by atoms with Gasteiger partial charge in [0.25, 0.3) is 0 Å². The van der Waals surface area contributed by atoms with Crippen molar-refractivity contribution in [1.29, 1.82) is 0 Å². The van der Waals surface area contributed by atoms with Gasteiger partial charge in [-0.05, 0) is 18.1 Å². The van der Waals surface area contributed by atoms with Crippen molar-refractivity contribution in [3.8, 4) is 0 Å². The summed E-state index contributed by atoms with van der Waals surface area (Å²) in [5, 5.41) is 2.55. The Morgan fingerprint density at radius 3 is 2.39 bits per heavy atom. The van der Waals surface area contributed by atoms with E-state index in [9.17, 15) is 13.2 Å². The number of hydrogen-bond acceptors (Lipinski definition) is 5. The highest BCUT2D eigenvalue weighted by molar-refractivity contribution is 7.90. The van der Waals surface area contributed by atoms with Crippen molar-refractivity contribution >= 4 is 21.4 Å². The van der Waals surface area contributed by atoms with Gasteiger partial charge in [-0.1, -0.05) is 13.8 Å². The topological polar surface area (TPSA) is 102 Å². The van der Waals surface area contributed by atoms with Crippen LogP contribution in [-0.4, -0.2) is 31.6 Å². The molecule has 3 N–H and O–H groups in total. The largest absolute Gasteiger partial charge is 0.323 e. The van der Waals surface area contributed by atoms with Crippen LogP contribution in [0.4, 0.5) is 5.69 Å². The molecular weight excluding hydrogens is 254 g/mol. The molecule has 0 saturated carbocycles. The van der Waals surface area contributed by atoms with Crippen molar-refractivity contribution in [3.05, 3.63) is 18.3 Å². The predicted octanol–water partition coefficient (Wildman–Crippen LogP) is 0.407. The Bertz CT molecular complexity index is 523. The molecule has 1 aromatic rings. The molecule has 100 valence electrons. The zero-order valence-electron chi connectivity index (χ0n) is 10.5. The van der Waals surface area contributed by atoms with Gasteiger partial charge >= 0.3 is 0 Å². The lowest BCUT2D eigenvalue weighted by molar-refractivity contribution is -0.118. The standard InChI is InChI=1S/C11H17N3O3S/c1-7(2)10(12)11(15)14-8-4-5-9(13-6-8)18(3,16)17/h4-7,10H,12H2,1-3H3,(H,14,15)/t10-/m1/s1. The molecular formula is C11H17N3O3S. The number of carbonyl (C=O) groups is 1. The normalized spacial score (nSPS) is 13.4. The summed E-state index contributed by atoms with van der Waals surface area (Å²) in [5.41, 5.74) is 6.10. The fourth-order valence-corrected chi connectivity index (χ4v) is 1.76. The molecule has 1 atom stereocenters. The van der Waals surface area contributed by atoms with Crippen LogP contribution in [0, 0.1) is 5.92 Å². The molecule has 0 aliphatic heterocycles. The molecule has 6 nitrogen and oxygen atoms in total. The highest BCUT2D eigenvalue weighted by Crippen LogP contribution is 2.11. The summed E-state index contributed by atoms with van der Waals surface area (Å²) in [6.07, 6.45) is 2.36. The second-order valence-electron chi connectivity index (χ2n) is 4.42. The Labute approximate surface area is 107 Å². The van der Waals surface area contributed by atoms with Crippen LogP contribution in [0.1, 0.15) is 13.8 Å². The molecule has 0 aliphatic carbocycles. The Morgan fingerprint density at radius 2 is 2.00 bits per heavy atom. The van der Waals surface area contributed by atoms with Crippen LogP contribution < -0.4 is 11.1 Å². The number of sulfone groups is 1. The number of hydrogen-bond donors (Lipinski definition) is 2. The first-order chi connectivity index (χ1) is 8.21. The maximum absolute atomic E-state index is 11.7. The van der Waals surface area contributed by atoms with Crippen molar-refractivity contribution in [3.63, 3.8) is 0 Å². The Balaban J connectivity index is 2.79. The number of aromatic nitrogens is 1. The number of anilines is 1. The number of nitrogens with zero attached hydrogens (tertiary/aromatic N) is 1. The Kier molecular flexibility index (Phi) is 4.42. The zero-order valence-corrected chi connectivity index (χ0v) is 11.4. The number of nitrogens with one attached hydrogen (secondary N) is 1. The molecule has 18 heavy (non-hydrogen) atoms. The van der Waals surface area contributed by atoms with Gasteiger partial charge in [0.05, 0.1) is 17.9 Å². The summed E-state index contributed by atoms with van der Waals surface area (Å²) in [5.74, 6) is -0.299. The minimum Gasteiger partial charge on any atom is -0.323 e. The molecule has 0 saturated heterocycles. The first kappa shape index (κ1) is 14.6. The first-order valence-electron chi connectivity index (χ1n) is 5.44. The summed E-state index contributed by atoms with van der Waals surface area (Å²) in [7, 11) is -3.33. The molecule has 0 aromatic carbocycles. The van der Waals surface area contributed by atoms with Crippen molar-refractivity contribution in [2.24, 2.45) is 11.7 Å². The zero-order chi connectivity index (χ0) is 13.9. The molecule has 0 aliphatic rings. The van der Waals surface area contributed by atoms with E-state index in [4.69, 9.17) is 5.73 Å². The van der Waals surface area contributed by atoms with Crippen molar-refractivity contribution < 1.29 is 13.2 Å². The van der Waals surface area contributed by atoms with Crippen molar-refractivity contribution in [1.82, 2.24) is 4.98 Å².